The minimum absolute atomic E-state index is 0.113. The third-order valence-corrected chi connectivity index (χ3v) is 3.23. The van der Waals surface area contributed by atoms with Crippen molar-refractivity contribution in [3.63, 3.8) is 0 Å². The highest BCUT2D eigenvalue weighted by Gasteiger charge is 2.11. The molecule has 1 N–H and O–H groups in total. The first-order valence-electron chi connectivity index (χ1n) is 6.86. The molecule has 0 aliphatic carbocycles. The van der Waals surface area contributed by atoms with Crippen molar-refractivity contribution < 1.29 is 9.18 Å². The monoisotopic (exact) mass is 281 g/mol. The van der Waals surface area contributed by atoms with E-state index in [1.54, 1.807) is 11.0 Å². The molecule has 1 rings (SSSR count). The number of nitrogens with one attached hydrogen (secondary N) is 1. The van der Waals surface area contributed by atoms with Gasteiger partial charge in [-0.15, -0.1) is 0 Å². The zero-order chi connectivity index (χ0) is 15.1. The number of urea groups is 1. The average Bonchev–Trinajstić information content (AvgIpc) is 2.40. The fraction of sp³-hybridized carbons (Fsp3) is 0.533. The van der Waals surface area contributed by atoms with Crippen molar-refractivity contribution in [2.24, 2.45) is 0 Å². The molecule has 0 aliphatic heterocycles. The maximum Gasteiger partial charge on any atom is 0.317 e. The maximum atomic E-state index is 13.2. The normalized spacial score (nSPS) is 10.7. The Morgan fingerprint density at radius 1 is 1.30 bits per heavy atom. The van der Waals surface area contributed by atoms with Gasteiger partial charge in [0.2, 0.25) is 0 Å². The summed E-state index contributed by atoms with van der Waals surface area (Å²) in [6.07, 6.45) is 0. The molecule has 0 aliphatic rings. The van der Waals surface area contributed by atoms with Crippen LogP contribution in [0.15, 0.2) is 18.2 Å². The van der Waals surface area contributed by atoms with E-state index in [9.17, 15) is 9.18 Å². The van der Waals surface area contributed by atoms with Gasteiger partial charge in [-0.1, -0.05) is 6.07 Å². The molecule has 4 nitrogen and oxygen atoms in total. The molecule has 0 heterocycles. The molecule has 0 aromatic heterocycles. The van der Waals surface area contributed by atoms with Gasteiger partial charge in [-0.25, -0.2) is 9.18 Å². The molecule has 0 fully saturated rings. The van der Waals surface area contributed by atoms with Crippen molar-refractivity contribution in [3.8, 4) is 0 Å². The highest BCUT2D eigenvalue weighted by Crippen LogP contribution is 2.09. The summed E-state index contributed by atoms with van der Waals surface area (Å²) in [7, 11) is 3.95. The minimum atomic E-state index is -0.278. The average molecular weight is 281 g/mol. The summed E-state index contributed by atoms with van der Waals surface area (Å²) in [5, 5.41) is 2.84. The lowest BCUT2D eigenvalue weighted by Crippen LogP contribution is -2.42. The van der Waals surface area contributed by atoms with E-state index in [2.05, 4.69) is 5.32 Å². The van der Waals surface area contributed by atoms with E-state index in [0.717, 1.165) is 17.7 Å². The summed E-state index contributed by atoms with van der Waals surface area (Å²) in [5.41, 5.74) is 1.78. The predicted octanol–water partition coefficient (Wildman–Crippen LogP) is 2.23. The van der Waals surface area contributed by atoms with Crippen molar-refractivity contribution in [2.75, 3.05) is 33.7 Å². The Hall–Kier alpha value is -1.62. The number of halogens is 1. The Morgan fingerprint density at radius 2 is 2.00 bits per heavy atom. The number of hydrogen-bond acceptors (Lipinski definition) is 2. The van der Waals surface area contributed by atoms with Crippen LogP contribution in [0.5, 0.6) is 0 Å². The quantitative estimate of drug-likeness (QED) is 0.868. The van der Waals surface area contributed by atoms with Gasteiger partial charge in [0.15, 0.2) is 0 Å². The van der Waals surface area contributed by atoms with Gasteiger partial charge in [0, 0.05) is 26.2 Å². The van der Waals surface area contributed by atoms with Gasteiger partial charge in [0.05, 0.1) is 0 Å². The third-order valence-electron chi connectivity index (χ3n) is 3.23. The van der Waals surface area contributed by atoms with Gasteiger partial charge >= 0.3 is 6.03 Å². The van der Waals surface area contributed by atoms with Crippen LogP contribution in [0, 0.1) is 12.7 Å². The molecule has 112 valence electrons. The standard InChI is InChI=1S/C15H24FN3O/c1-5-19(9-8-18(3)4)15(20)17-11-13-10-14(16)7-6-12(13)2/h6-7,10H,5,8-9,11H2,1-4H3,(H,17,20). The van der Waals surface area contributed by atoms with Crippen LogP contribution >= 0.6 is 0 Å². The highest BCUT2D eigenvalue weighted by molar-refractivity contribution is 5.74. The highest BCUT2D eigenvalue weighted by atomic mass is 19.1. The van der Waals surface area contributed by atoms with E-state index in [0.29, 0.717) is 19.6 Å². The molecular weight excluding hydrogens is 257 g/mol. The molecule has 5 heteroatoms. The first-order chi connectivity index (χ1) is 9.43. The fourth-order valence-corrected chi connectivity index (χ4v) is 1.84. The topological polar surface area (TPSA) is 35.6 Å². The van der Waals surface area contributed by atoms with E-state index in [1.165, 1.54) is 12.1 Å². The van der Waals surface area contributed by atoms with Crippen molar-refractivity contribution >= 4 is 6.03 Å². The number of hydrogen-bond donors (Lipinski definition) is 1. The molecule has 0 saturated carbocycles. The van der Waals surface area contributed by atoms with Crippen molar-refractivity contribution in [2.45, 2.75) is 20.4 Å². The van der Waals surface area contributed by atoms with Crippen LogP contribution in [0.4, 0.5) is 9.18 Å². The Balaban J connectivity index is 2.54. The zero-order valence-electron chi connectivity index (χ0n) is 12.7. The van der Waals surface area contributed by atoms with E-state index >= 15 is 0 Å². The SMILES string of the molecule is CCN(CCN(C)C)C(=O)NCc1cc(F)ccc1C. The molecular formula is C15H24FN3O. The summed E-state index contributed by atoms with van der Waals surface area (Å²) in [6, 6.07) is 4.50. The van der Waals surface area contributed by atoms with Gasteiger partial charge in [-0.2, -0.15) is 0 Å². The van der Waals surface area contributed by atoms with Crippen LogP contribution in [0.25, 0.3) is 0 Å². The maximum absolute atomic E-state index is 13.2. The zero-order valence-corrected chi connectivity index (χ0v) is 12.7. The number of rotatable bonds is 6. The van der Waals surface area contributed by atoms with Crippen LogP contribution in [-0.2, 0) is 6.54 Å². The molecule has 1 aromatic rings. The van der Waals surface area contributed by atoms with Crippen LogP contribution < -0.4 is 5.32 Å². The van der Waals surface area contributed by atoms with Crippen LogP contribution in [0.1, 0.15) is 18.1 Å². The van der Waals surface area contributed by atoms with Crippen LogP contribution in [-0.4, -0.2) is 49.6 Å². The van der Waals surface area contributed by atoms with E-state index < -0.39 is 0 Å². The van der Waals surface area contributed by atoms with Gasteiger partial charge < -0.3 is 15.1 Å². The molecule has 0 radical (unpaired) electrons. The van der Waals surface area contributed by atoms with Crippen molar-refractivity contribution in [3.05, 3.63) is 35.1 Å². The second kappa shape index (κ2) is 7.85. The smallest absolute Gasteiger partial charge is 0.317 e. The number of nitrogens with zero attached hydrogens (tertiary/aromatic N) is 2. The Kier molecular flexibility index (Phi) is 6.45. The first-order valence-corrected chi connectivity index (χ1v) is 6.86. The molecule has 0 saturated heterocycles. The summed E-state index contributed by atoms with van der Waals surface area (Å²) in [4.78, 5) is 15.8. The third kappa shape index (κ3) is 5.17. The van der Waals surface area contributed by atoms with Gasteiger partial charge in [-0.3, -0.25) is 0 Å². The van der Waals surface area contributed by atoms with Crippen LogP contribution in [0.3, 0.4) is 0 Å². The number of carbonyl (C=O) groups excluding carboxylic acids is 1. The van der Waals surface area contributed by atoms with Crippen LogP contribution in [0.2, 0.25) is 0 Å². The van der Waals surface area contributed by atoms with E-state index in [4.69, 9.17) is 0 Å². The lowest BCUT2D eigenvalue weighted by Gasteiger charge is -2.23. The number of aryl methyl sites for hydroxylation is 1. The Bertz CT molecular complexity index is 449. The number of benzene rings is 1. The largest absolute Gasteiger partial charge is 0.334 e. The van der Waals surface area contributed by atoms with Gasteiger partial charge in [0.1, 0.15) is 5.82 Å². The molecule has 0 bridgehead atoms. The Morgan fingerprint density at radius 3 is 2.60 bits per heavy atom. The second-order valence-electron chi connectivity index (χ2n) is 5.11. The molecule has 2 amide bonds. The molecule has 20 heavy (non-hydrogen) atoms. The predicted molar refractivity (Wildman–Crippen MR) is 79.2 cm³/mol. The molecule has 1 aromatic carbocycles. The summed E-state index contributed by atoms with van der Waals surface area (Å²) in [6.45, 7) is 6.35. The second-order valence-corrected chi connectivity index (χ2v) is 5.11. The summed E-state index contributed by atoms with van der Waals surface area (Å²) >= 11 is 0. The lowest BCUT2D eigenvalue weighted by atomic mass is 10.1. The summed E-state index contributed by atoms with van der Waals surface area (Å²) < 4.78 is 13.2. The molecule has 0 unspecified atom stereocenters. The summed E-state index contributed by atoms with van der Waals surface area (Å²) in [5.74, 6) is -0.278. The van der Waals surface area contributed by atoms with Gasteiger partial charge in [0.25, 0.3) is 0 Å². The van der Waals surface area contributed by atoms with E-state index in [-0.39, 0.29) is 11.8 Å². The number of amides is 2. The van der Waals surface area contributed by atoms with E-state index in [1.807, 2.05) is 32.8 Å². The first kappa shape index (κ1) is 16.4. The minimum Gasteiger partial charge on any atom is -0.334 e. The lowest BCUT2D eigenvalue weighted by molar-refractivity contribution is 0.194. The van der Waals surface area contributed by atoms with Crippen molar-refractivity contribution in [1.29, 1.82) is 0 Å². The number of likely N-dealkylation sites (N-methyl/N-ethyl adjacent to an activating group) is 2. The Labute approximate surface area is 120 Å². The fourth-order valence-electron chi connectivity index (χ4n) is 1.84. The van der Waals surface area contributed by atoms with Crippen molar-refractivity contribution in [1.82, 2.24) is 15.1 Å². The molecule has 0 spiro atoms. The number of carbonyl (C=O) groups is 1. The van der Waals surface area contributed by atoms with Gasteiger partial charge in [-0.05, 0) is 51.2 Å². The molecule has 0 atom stereocenters.